The van der Waals surface area contributed by atoms with Gasteiger partial charge >= 0.3 is 0 Å². The number of hydrogen-bond acceptors (Lipinski definition) is 4. The smallest absolute Gasteiger partial charge is 0.224 e. The highest BCUT2D eigenvalue weighted by Gasteiger charge is 2.11. The summed E-state index contributed by atoms with van der Waals surface area (Å²) in [5, 5.41) is 2.86. The van der Waals surface area contributed by atoms with Gasteiger partial charge in [0.05, 0.1) is 13.2 Å². The predicted molar refractivity (Wildman–Crippen MR) is 73.6 cm³/mol. The van der Waals surface area contributed by atoms with E-state index in [9.17, 15) is 4.79 Å². The third-order valence-electron chi connectivity index (χ3n) is 2.89. The van der Waals surface area contributed by atoms with Crippen molar-refractivity contribution in [1.82, 2.24) is 0 Å². The summed E-state index contributed by atoms with van der Waals surface area (Å²) in [7, 11) is 0. The Balaban J connectivity index is 1.94. The number of benzene rings is 1. The minimum atomic E-state index is 0.00272. The van der Waals surface area contributed by atoms with Crippen molar-refractivity contribution in [2.45, 2.75) is 25.7 Å². The summed E-state index contributed by atoms with van der Waals surface area (Å²) < 4.78 is 11.1. The van der Waals surface area contributed by atoms with Crippen molar-refractivity contribution >= 4 is 11.6 Å². The molecule has 104 valence electrons. The molecule has 0 unspecified atom stereocenters. The topological polar surface area (TPSA) is 73.6 Å². The first kappa shape index (κ1) is 13.7. The normalized spacial score (nSPS) is 13.7. The van der Waals surface area contributed by atoms with Crippen LogP contribution in [0.5, 0.6) is 11.5 Å². The largest absolute Gasteiger partial charge is 0.490 e. The molecule has 1 heterocycles. The second-order valence-electron chi connectivity index (χ2n) is 4.51. The lowest BCUT2D eigenvalue weighted by atomic mass is 10.2. The average molecular weight is 264 g/mol. The Morgan fingerprint density at radius 2 is 2.00 bits per heavy atom. The molecule has 0 spiro atoms. The highest BCUT2D eigenvalue weighted by molar-refractivity contribution is 5.91. The van der Waals surface area contributed by atoms with Crippen molar-refractivity contribution in [3.05, 3.63) is 18.2 Å². The van der Waals surface area contributed by atoms with E-state index in [1.165, 1.54) is 0 Å². The van der Waals surface area contributed by atoms with Gasteiger partial charge in [0.2, 0.25) is 5.91 Å². The SMILES string of the molecule is NCCCCC(=O)Nc1ccc2c(c1)OCCCO2. The Morgan fingerprint density at radius 1 is 1.21 bits per heavy atom. The fourth-order valence-corrected chi connectivity index (χ4v) is 1.89. The number of ether oxygens (including phenoxy) is 2. The Labute approximate surface area is 113 Å². The second kappa shape index (κ2) is 6.99. The van der Waals surface area contributed by atoms with Crippen LogP contribution in [-0.2, 0) is 4.79 Å². The molecule has 1 aliphatic rings. The van der Waals surface area contributed by atoms with Gasteiger partial charge in [-0.3, -0.25) is 4.79 Å². The summed E-state index contributed by atoms with van der Waals surface area (Å²) >= 11 is 0. The standard InChI is InChI=1S/C14H20N2O3/c15-7-2-1-4-14(17)16-11-5-6-12-13(10-11)19-9-3-8-18-12/h5-6,10H,1-4,7-9,15H2,(H,16,17). The predicted octanol–water partition coefficient (Wildman–Crippen LogP) is 1.92. The fraction of sp³-hybridized carbons (Fsp3) is 0.500. The molecule has 19 heavy (non-hydrogen) atoms. The molecule has 0 aromatic heterocycles. The molecule has 1 aliphatic heterocycles. The molecule has 3 N–H and O–H groups in total. The van der Waals surface area contributed by atoms with Gasteiger partial charge in [0, 0.05) is 24.6 Å². The van der Waals surface area contributed by atoms with Crippen LogP contribution >= 0.6 is 0 Å². The van der Waals surface area contributed by atoms with E-state index in [-0.39, 0.29) is 5.91 Å². The number of nitrogens with two attached hydrogens (primary N) is 1. The summed E-state index contributed by atoms with van der Waals surface area (Å²) in [5.74, 6) is 1.43. The number of hydrogen-bond donors (Lipinski definition) is 2. The van der Waals surface area contributed by atoms with E-state index in [0.717, 1.165) is 30.7 Å². The van der Waals surface area contributed by atoms with Crippen LogP contribution in [0.3, 0.4) is 0 Å². The highest BCUT2D eigenvalue weighted by atomic mass is 16.5. The second-order valence-corrected chi connectivity index (χ2v) is 4.51. The molecule has 1 amide bonds. The van der Waals surface area contributed by atoms with Crippen LogP contribution in [0.1, 0.15) is 25.7 Å². The van der Waals surface area contributed by atoms with Crippen molar-refractivity contribution in [1.29, 1.82) is 0 Å². The first-order valence-electron chi connectivity index (χ1n) is 6.69. The zero-order valence-electron chi connectivity index (χ0n) is 11.0. The molecule has 0 fully saturated rings. The molecule has 0 bridgehead atoms. The lowest BCUT2D eigenvalue weighted by molar-refractivity contribution is -0.116. The van der Waals surface area contributed by atoms with Gasteiger partial charge in [-0.2, -0.15) is 0 Å². The maximum Gasteiger partial charge on any atom is 0.224 e. The zero-order chi connectivity index (χ0) is 13.5. The number of unbranched alkanes of at least 4 members (excludes halogenated alkanes) is 1. The molecule has 0 aliphatic carbocycles. The number of nitrogens with one attached hydrogen (secondary N) is 1. The van der Waals surface area contributed by atoms with Gasteiger partial charge in [-0.15, -0.1) is 0 Å². The molecule has 0 atom stereocenters. The minimum Gasteiger partial charge on any atom is -0.490 e. The molecular formula is C14H20N2O3. The molecule has 0 saturated carbocycles. The Morgan fingerprint density at radius 3 is 2.79 bits per heavy atom. The number of amides is 1. The fourth-order valence-electron chi connectivity index (χ4n) is 1.89. The van der Waals surface area contributed by atoms with Crippen LogP contribution < -0.4 is 20.5 Å². The number of rotatable bonds is 5. The van der Waals surface area contributed by atoms with Gasteiger partial charge in [0.25, 0.3) is 0 Å². The van der Waals surface area contributed by atoms with E-state index < -0.39 is 0 Å². The van der Waals surface area contributed by atoms with Crippen molar-refractivity contribution in [2.75, 3.05) is 25.1 Å². The van der Waals surface area contributed by atoms with Crippen molar-refractivity contribution in [3.63, 3.8) is 0 Å². The van der Waals surface area contributed by atoms with Crippen LogP contribution in [0, 0.1) is 0 Å². The summed E-state index contributed by atoms with van der Waals surface area (Å²) in [5.41, 5.74) is 6.13. The van der Waals surface area contributed by atoms with E-state index in [4.69, 9.17) is 15.2 Å². The van der Waals surface area contributed by atoms with E-state index in [1.54, 1.807) is 0 Å². The molecule has 0 radical (unpaired) electrons. The van der Waals surface area contributed by atoms with E-state index in [2.05, 4.69) is 5.32 Å². The first-order chi connectivity index (χ1) is 9.29. The van der Waals surface area contributed by atoms with Crippen LogP contribution in [0.15, 0.2) is 18.2 Å². The van der Waals surface area contributed by atoms with Crippen LogP contribution in [0.2, 0.25) is 0 Å². The summed E-state index contributed by atoms with van der Waals surface area (Å²) in [6.07, 6.45) is 3.04. The van der Waals surface area contributed by atoms with Gasteiger partial charge < -0.3 is 20.5 Å². The highest BCUT2D eigenvalue weighted by Crippen LogP contribution is 2.32. The van der Waals surface area contributed by atoms with Crippen LogP contribution in [-0.4, -0.2) is 25.7 Å². The number of fused-ring (bicyclic) bond motifs is 1. The van der Waals surface area contributed by atoms with Crippen molar-refractivity contribution < 1.29 is 14.3 Å². The maximum absolute atomic E-state index is 11.7. The lowest BCUT2D eigenvalue weighted by Gasteiger charge is -2.10. The number of carbonyl (C=O) groups is 1. The van der Waals surface area contributed by atoms with E-state index in [1.807, 2.05) is 18.2 Å². The monoisotopic (exact) mass is 264 g/mol. The Kier molecular flexibility index (Phi) is 5.03. The molecular weight excluding hydrogens is 244 g/mol. The van der Waals surface area contributed by atoms with E-state index in [0.29, 0.717) is 31.9 Å². The summed E-state index contributed by atoms with van der Waals surface area (Å²) in [6, 6.07) is 5.46. The quantitative estimate of drug-likeness (QED) is 0.797. The third kappa shape index (κ3) is 4.13. The summed E-state index contributed by atoms with van der Waals surface area (Å²) in [6.45, 7) is 1.93. The number of anilines is 1. The third-order valence-corrected chi connectivity index (χ3v) is 2.89. The average Bonchev–Trinajstić information content (AvgIpc) is 2.63. The molecule has 5 nitrogen and oxygen atoms in total. The Bertz CT molecular complexity index is 435. The zero-order valence-corrected chi connectivity index (χ0v) is 11.0. The molecule has 2 rings (SSSR count). The van der Waals surface area contributed by atoms with Crippen molar-refractivity contribution in [2.24, 2.45) is 5.73 Å². The van der Waals surface area contributed by atoms with Crippen LogP contribution in [0.25, 0.3) is 0 Å². The lowest BCUT2D eigenvalue weighted by Crippen LogP contribution is -2.12. The van der Waals surface area contributed by atoms with Crippen molar-refractivity contribution in [3.8, 4) is 11.5 Å². The van der Waals surface area contributed by atoms with Gasteiger partial charge in [-0.1, -0.05) is 0 Å². The van der Waals surface area contributed by atoms with Gasteiger partial charge in [-0.25, -0.2) is 0 Å². The minimum absolute atomic E-state index is 0.00272. The molecule has 0 saturated heterocycles. The first-order valence-corrected chi connectivity index (χ1v) is 6.69. The molecule has 1 aromatic rings. The maximum atomic E-state index is 11.7. The Hall–Kier alpha value is -1.75. The van der Waals surface area contributed by atoms with Crippen LogP contribution in [0.4, 0.5) is 5.69 Å². The van der Waals surface area contributed by atoms with Gasteiger partial charge in [-0.05, 0) is 31.5 Å². The van der Waals surface area contributed by atoms with Gasteiger partial charge in [0.1, 0.15) is 0 Å². The summed E-state index contributed by atoms with van der Waals surface area (Å²) in [4.78, 5) is 11.7. The molecule has 5 heteroatoms. The number of carbonyl (C=O) groups excluding carboxylic acids is 1. The molecule has 1 aromatic carbocycles. The van der Waals surface area contributed by atoms with Gasteiger partial charge in [0.15, 0.2) is 11.5 Å². The van der Waals surface area contributed by atoms with E-state index >= 15 is 0 Å².